The number of nitrogens with zero attached hydrogens (tertiary/aromatic N) is 7. The monoisotopic (exact) mass is 426 g/mol. The van der Waals surface area contributed by atoms with E-state index in [0.717, 1.165) is 28.2 Å². The molecule has 0 aliphatic carbocycles. The highest BCUT2D eigenvalue weighted by atomic mass is 16.4. The molecule has 0 saturated carbocycles. The summed E-state index contributed by atoms with van der Waals surface area (Å²) in [7, 11) is 0. The number of nitrogens with one attached hydrogen (secondary N) is 1. The van der Waals surface area contributed by atoms with E-state index >= 15 is 0 Å². The number of rotatable bonds is 3. The van der Waals surface area contributed by atoms with E-state index in [1.165, 1.54) is 0 Å². The smallest absolute Gasteiger partial charge is 0.312 e. The van der Waals surface area contributed by atoms with Gasteiger partial charge in [0, 0.05) is 36.6 Å². The summed E-state index contributed by atoms with van der Waals surface area (Å²) >= 11 is 0. The average Bonchev–Trinajstić information content (AvgIpc) is 3.58. The largest absolute Gasteiger partial charge is 0.411 e. The Kier molecular flexibility index (Phi) is 4.10. The third-order valence-corrected chi connectivity index (χ3v) is 5.76. The summed E-state index contributed by atoms with van der Waals surface area (Å²) in [5.74, 6) is -0.252. The number of aryl methyl sites for hydroxylation is 1. The Hall–Kier alpha value is -4.34. The number of aromatic nitrogens is 7. The molecule has 1 aliphatic heterocycles. The lowest BCUT2D eigenvalue weighted by molar-refractivity contribution is 0.0646. The fraction of sp³-hybridized carbons (Fsp3) is 0.182. The van der Waals surface area contributed by atoms with Gasteiger partial charge >= 0.3 is 11.8 Å². The van der Waals surface area contributed by atoms with Gasteiger partial charge in [-0.25, -0.2) is 9.50 Å². The molecule has 0 fully saturated rings. The second-order valence-corrected chi connectivity index (χ2v) is 7.59. The van der Waals surface area contributed by atoms with Crippen molar-refractivity contribution in [1.82, 2.24) is 39.7 Å². The van der Waals surface area contributed by atoms with Crippen LogP contribution < -0.4 is 0 Å². The minimum Gasteiger partial charge on any atom is -0.411 e. The van der Waals surface area contributed by atoms with Gasteiger partial charge in [0.1, 0.15) is 11.7 Å². The first-order chi connectivity index (χ1) is 15.7. The molecule has 1 aliphatic rings. The van der Waals surface area contributed by atoms with E-state index in [0.29, 0.717) is 18.7 Å². The Bertz CT molecular complexity index is 1430. The van der Waals surface area contributed by atoms with Crippen LogP contribution in [-0.2, 0) is 6.42 Å². The molecule has 5 aromatic heterocycles. The Morgan fingerprint density at radius 1 is 1.12 bits per heavy atom. The summed E-state index contributed by atoms with van der Waals surface area (Å²) in [5, 5.41) is 12.8. The standard InChI is InChI=1S/C22H18N8O2/c1-13-16-7-3-5-10-30(16)28-17(13)19-18-14(24-12-25-18)8-11-29(19)22(31)21-27-26-20(32-21)15-6-2-4-9-23-15/h2-7,9-10,12,19H,8,11H2,1H3,(H,24,25). The summed E-state index contributed by atoms with van der Waals surface area (Å²) < 4.78 is 7.52. The zero-order chi connectivity index (χ0) is 21.7. The molecule has 1 amide bonds. The fourth-order valence-electron chi connectivity index (χ4n) is 4.20. The van der Waals surface area contributed by atoms with Crippen LogP contribution >= 0.6 is 0 Å². The van der Waals surface area contributed by atoms with Crippen molar-refractivity contribution >= 4 is 11.4 Å². The maximum Gasteiger partial charge on any atom is 0.312 e. The Labute approximate surface area is 181 Å². The SMILES string of the molecule is Cc1c(C2c3nc[nH]c3CCN2C(=O)c2nnc(-c3ccccn3)o2)nn2ccccc12. The van der Waals surface area contributed by atoms with Gasteiger partial charge in [-0.1, -0.05) is 12.1 Å². The van der Waals surface area contributed by atoms with Crippen molar-refractivity contribution in [3.8, 4) is 11.6 Å². The van der Waals surface area contributed by atoms with E-state index in [1.807, 2.05) is 41.9 Å². The molecule has 0 bridgehead atoms. The van der Waals surface area contributed by atoms with E-state index in [9.17, 15) is 4.79 Å². The molecule has 0 aromatic carbocycles. The first-order valence-corrected chi connectivity index (χ1v) is 10.2. The second-order valence-electron chi connectivity index (χ2n) is 7.59. The number of amides is 1. The van der Waals surface area contributed by atoms with Crippen LogP contribution in [0.2, 0.25) is 0 Å². The van der Waals surface area contributed by atoms with Crippen LogP contribution in [0.15, 0.2) is 59.5 Å². The minimum atomic E-state index is -0.470. The molecule has 1 atom stereocenters. The highest BCUT2D eigenvalue weighted by Gasteiger charge is 2.39. The Morgan fingerprint density at radius 3 is 2.88 bits per heavy atom. The predicted molar refractivity (Wildman–Crippen MR) is 113 cm³/mol. The third kappa shape index (κ3) is 2.80. The highest BCUT2D eigenvalue weighted by Crippen LogP contribution is 2.36. The molecule has 0 saturated heterocycles. The molecule has 10 nitrogen and oxygen atoms in total. The lowest BCUT2D eigenvalue weighted by Gasteiger charge is -2.33. The lowest BCUT2D eigenvalue weighted by atomic mass is 9.97. The molecule has 0 spiro atoms. The van der Waals surface area contributed by atoms with Gasteiger partial charge in [0.25, 0.3) is 5.89 Å². The molecule has 5 aromatic rings. The van der Waals surface area contributed by atoms with Gasteiger partial charge in [-0.15, -0.1) is 10.2 Å². The van der Waals surface area contributed by atoms with Gasteiger partial charge in [-0.05, 0) is 31.2 Å². The molecule has 6 rings (SSSR count). The van der Waals surface area contributed by atoms with E-state index in [1.54, 1.807) is 29.6 Å². The van der Waals surface area contributed by atoms with Crippen LogP contribution in [0.25, 0.3) is 17.1 Å². The molecular weight excluding hydrogens is 408 g/mol. The fourth-order valence-corrected chi connectivity index (χ4v) is 4.20. The first-order valence-electron chi connectivity index (χ1n) is 10.2. The highest BCUT2D eigenvalue weighted by molar-refractivity contribution is 5.90. The van der Waals surface area contributed by atoms with E-state index in [2.05, 4.69) is 25.1 Å². The molecule has 0 radical (unpaired) electrons. The molecule has 158 valence electrons. The van der Waals surface area contributed by atoms with E-state index in [-0.39, 0.29) is 17.7 Å². The summed E-state index contributed by atoms with van der Waals surface area (Å²) in [6, 6.07) is 10.8. The normalized spacial score (nSPS) is 15.8. The summed E-state index contributed by atoms with van der Waals surface area (Å²) in [6.07, 6.45) is 5.82. The quantitative estimate of drug-likeness (QED) is 0.471. The zero-order valence-electron chi connectivity index (χ0n) is 17.1. The van der Waals surface area contributed by atoms with Crippen molar-refractivity contribution in [2.24, 2.45) is 0 Å². The van der Waals surface area contributed by atoms with Gasteiger partial charge in [0.2, 0.25) is 0 Å². The van der Waals surface area contributed by atoms with Crippen LogP contribution in [0, 0.1) is 6.92 Å². The Morgan fingerprint density at radius 2 is 2.03 bits per heavy atom. The van der Waals surface area contributed by atoms with Crippen molar-refractivity contribution in [3.63, 3.8) is 0 Å². The number of pyridine rings is 2. The van der Waals surface area contributed by atoms with Gasteiger partial charge < -0.3 is 14.3 Å². The van der Waals surface area contributed by atoms with Crippen molar-refractivity contribution in [1.29, 1.82) is 0 Å². The van der Waals surface area contributed by atoms with Crippen LogP contribution in [0.1, 0.15) is 39.4 Å². The number of hydrogen-bond donors (Lipinski definition) is 1. The lowest BCUT2D eigenvalue weighted by Crippen LogP contribution is -2.41. The molecular formula is C22H18N8O2. The van der Waals surface area contributed by atoms with E-state index < -0.39 is 6.04 Å². The van der Waals surface area contributed by atoms with Crippen LogP contribution in [-0.4, -0.2) is 52.1 Å². The number of fused-ring (bicyclic) bond motifs is 2. The number of carbonyl (C=O) groups excluding carboxylic acids is 1. The number of aromatic amines is 1. The van der Waals surface area contributed by atoms with Crippen molar-refractivity contribution in [3.05, 3.63) is 83.7 Å². The zero-order valence-corrected chi connectivity index (χ0v) is 17.1. The summed E-state index contributed by atoms with van der Waals surface area (Å²) in [5.41, 5.74) is 5.02. The predicted octanol–water partition coefficient (Wildman–Crippen LogP) is 2.60. The number of imidazole rings is 1. The maximum absolute atomic E-state index is 13.5. The van der Waals surface area contributed by atoms with Gasteiger partial charge in [0.05, 0.1) is 23.2 Å². The maximum atomic E-state index is 13.5. The first kappa shape index (κ1) is 18.4. The summed E-state index contributed by atoms with van der Waals surface area (Å²) in [6.45, 7) is 2.47. The molecule has 1 N–H and O–H groups in total. The minimum absolute atomic E-state index is 0.0870. The molecule has 32 heavy (non-hydrogen) atoms. The topological polar surface area (TPSA) is 118 Å². The van der Waals surface area contributed by atoms with Gasteiger partial charge in [-0.2, -0.15) is 5.10 Å². The van der Waals surface area contributed by atoms with E-state index in [4.69, 9.17) is 9.52 Å². The third-order valence-electron chi connectivity index (χ3n) is 5.76. The van der Waals surface area contributed by atoms with Gasteiger partial charge in [-0.3, -0.25) is 9.78 Å². The van der Waals surface area contributed by atoms with Crippen molar-refractivity contribution in [2.75, 3.05) is 6.54 Å². The average molecular weight is 426 g/mol. The van der Waals surface area contributed by atoms with Crippen molar-refractivity contribution in [2.45, 2.75) is 19.4 Å². The summed E-state index contributed by atoms with van der Waals surface area (Å²) in [4.78, 5) is 27.2. The Balaban J connectivity index is 1.43. The molecule has 6 heterocycles. The molecule has 1 unspecified atom stereocenters. The number of H-pyrrole nitrogens is 1. The second kappa shape index (κ2) is 7.12. The van der Waals surface area contributed by atoms with Gasteiger partial charge in [0.15, 0.2) is 0 Å². The molecule has 10 heteroatoms. The number of hydrogen-bond acceptors (Lipinski definition) is 7. The van der Waals surface area contributed by atoms with Crippen LogP contribution in [0.3, 0.4) is 0 Å². The number of carbonyl (C=O) groups is 1. The van der Waals surface area contributed by atoms with Crippen LogP contribution in [0.4, 0.5) is 0 Å². The van der Waals surface area contributed by atoms with Crippen LogP contribution in [0.5, 0.6) is 0 Å². The van der Waals surface area contributed by atoms with Crippen molar-refractivity contribution < 1.29 is 9.21 Å².